The van der Waals surface area contributed by atoms with E-state index in [-0.39, 0.29) is 5.97 Å². The number of carbonyl (C=O) groups excluding carboxylic acids is 1. The third-order valence-electron chi connectivity index (χ3n) is 1.75. The van der Waals surface area contributed by atoms with E-state index >= 15 is 0 Å². The minimum atomic E-state index is -0.314. The molecule has 0 unspecified atom stereocenters. The van der Waals surface area contributed by atoms with E-state index in [1.165, 1.54) is 7.11 Å². The maximum Gasteiger partial charge on any atom is 0.337 e. The molecular weight excluding hydrogens is 198 g/mol. The molecule has 4 heteroatoms. The number of carbonyl (C=O) groups is 1. The van der Waals surface area contributed by atoms with Gasteiger partial charge in [0.05, 0.1) is 12.7 Å². The Morgan fingerprint density at radius 3 is 2.57 bits per heavy atom. The van der Waals surface area contributed by atoms with E-state index < -0.39 is 0 Å². The van der Waals surface area contributed by atoms with Crippen molar-refractivity contribution in [3.8, 4) is 0 Å². The lowest BCUT2D eigenvalue weighted by Crippen LogP contribution is -2.04. The molecule has 0 fully saturated rings. The van der Waals surface area contributed by atoms with Gasteiger partial charge in [-0.1, -0.05) is 0 Å². The van der Waals surface area contributed by atoms with Crippen molar-refractivity contribution in [2.45, 2.75) is 0 Å². The van der Waals surface area contributed by atoms with Gasteiger partial charge in [-0.3, -0.25) is 0 Å². The van der Waals surface area contributed by atoms with Crippen LogP contribution in [0.25, 0.3) is 0 Å². The first-order valence-corrected chi connectivity index (χ1v) is 4.94. The van der Waals surface area contributed by atoms with Gasteiger partial charge in [-0.05, 0) is 24.3 Å². The number of esters is 1. The van der Waals surface area contributed by atoms with Crippen molar-refractivity contribution in [3.05, 3.63) is 29.8 Å². The van der Waals surface area contributed by atoms with Gasteiger partial charge in [0.15, 0.2) is 0 Å². The molecule has 0 aliphatic carbocycles. The first-order valence-electron chi connectivity index (χ1n) is 4.31. The Kier molecular flexibility index (Phi) is 4.32. The number of hydrogen-bond acceptors (Lipinski definition) is 4. The van der Waals surface area contributed by atoms with Crippen molar-refractivity contribution in [1.82, 2.24) is 0 Å². The summed E-state index contributed by atoms with van der Waals surface area (Å²) in [6, 6.07) is 7.14. The van der Waals surface area contributed by atoms with Crippen LogP contribution < -0.4 is 5.32 Å². The van der Waals surface area contributed by atoms with Crippen molar-refractivity contribution in [3.63, 3.8) is 0 Å². The molecule has 0 atom stereocenters. The number of ether oxygens (including phenoxy) is 1. The van der Waals surface area contributed by atoms with Crippen LogP contribution in [0.4, 0.5) is 5.69 Å². The van der Waals surface area contributed by atoms with E-state index in [0.29, 0.717) is 5.56 Å². The molecule has 0 radical (unpaired) electrons. The summed E-state index contributed by atoms with van der Waals surface area (Å²) in [5, 5.41) is 3.15. The molecule has 0 bridgehead atoms. The van der Waals surface area contributed by atoms with Gasteiger partial charge in [0.1, 0.15) is 0 Å². The van der Waals surface area contributed by atoms with Crippen LogP contribution in [0.2, 0.25) is 0 Å². The van der Waals surface area contributed by atoms with Crippen LogP contribution in [-0.2, 0) is 4.74 Å². The number of hydrogen-bond donors (Lipinski definition) is 2. The fourth-order valence-corrected chi connectivity index (χ4v) is 1.15. The van der Waals surface area contributed by atoms with Gasteiger partial charge in [0, 0.05) is 18.0 Å². The number of anilines is 1. The maximum atomic E-state index is 11.1. The molecule has 0 saturated carbocycles. The summed E-state index contributed by atoms with van der Waals surface area (Å²) in [7, 11) is 1.37. The Morgan fingerprint density at radius 2 is 2.07 bits per heavy atom. The molecular formula is C10H13NO2S. The highest BCUT2D eigenvalue weighted by Gasteiger charge is 2.03. The molecule has 0 heterocycles. The highest BCUT2D eigenvalue weighted by Crippen LogP contribution is 2.09. The Bertz CT molecular complexity index is 297. The fraction of sp³-hybridized carbons (Fsp3) is 0.300. The number of nitrogens with one attached hydrogen (secondary N) is 1. The first kappa shape index (κ1) is 10.9. The zero-order valence-corrected chi connectivity index (χ0v) is 8.88. The van der Waals surface area contributed by atoms with Gasteiger partial charge in [-0.2, -0.15) is 12.6 Å². The van der Waals surface area contributed by atoms with Gasteiger partial charge < -0.3 is 10.1 Å². The van der Waals surface area contributed by atoms with Crippen molar-refractivity contribution in [2.75, 3.05) is 24.7 Å². The second-order valence-electron chi connectivity index (χ2n) is 2.72. The van der Waals surface area contributed by atoms with E-state index in [9.17, 15) is 4.79 Å². The smallest absolute Gasteiger partial charge is 0.337 e. The zero-order chi connectivity index (χ0) is 10.4. The molecule has 76 valence electrons. The summed E-state index contributed by atoms with van der Waals surface area (Å²) in [5.74, 6) is 0.462. The lowest BCUT2D eigenvalue weighted by atomic mass is 10.2. The van der Waals surface area contributed by atoms with Crippen molar-refractivity contribution in [1.29, 1.82) is 0 Å². The van der Waals surface area contributed by atoms with Crippen LogP contribution in [0.3, 0.4) is 0 Å². The second kappa shape index (κ2) is 5.54. The van der Waals surface area contributed by atoms with E-state index in [1.807, 2.05) is 12.1 Å². The Morgan fingerprint density at radius 1 is 1.43 bits per heavy atom. The predicted octanol–water partition coefficient (Wildman–Crippen LogP) is 1.81. The summed E-state index contributed by atoms with van der Waals surface area (Å²) < 4.78 is 4.59. The summed E-state index contributed by atoms with van der Waals surface area (Å²) in [4.78, 5) is 11.1. The Balaban J connectivity index is 2.63. The van der Waals surface area contributed by atoms with E-state index in [4.69, 9.17) is 0 Å². The van der Waals surface area contributed by atoms with Crippen LogP contribution in [0, 0.1) is 0 Å². The van der Waals surface area contributed by atoms with Crippen LogP contribution in [0.1, 0.15) is 10.4 Å². The summed E-state index contributed by atoms with van der Waals surface area (Å²) >= 11 is 4.08. The van der Waals surface area contributed by atoms with E-state index in [1.54, 1.807) is 12.1 Å². The van der Waals surface area contributed by atoms with E-state index in [0.717, 1.165) is 18.0 Å². The van der Waals surface area contributed by atoms with Crippen molar-refractivity contribution >= 4 is 24.3 Å². The summed E-state index contributed by atoms with van der Waals surface area (Å²) in [6.07, 6.45) is 0. The number of thiol groups is 1. The third kappa shape index (κ3) is 2.96. The standard InChI is InChI=1S/C10H13NO2S/c1-13-10(12)8-2-4-9(5-3-8)11-6-7-14/h2-5,11,14H,6-7H2,1H3. The number of benzene rings is 1. The quantitative estimate of drug-likeness (QED) is 0.589. The topological polar surface area (TPSA) is 38.3 Å². The molecule has 1 N–H and O–H groups in total. The third-order valence-corrected chi connectivity index (χ3v) is 1.97. The van der Waals surface area contributed by atoms with E-state index in [2.05, 4.69) is 22.7 Å². The molecule has 0 amide bonds. The highest BCUT2D eigenvalue weighted by atomic mass is 32.1. The van der Waals surface area contributed by atoms with Gasteiger partial charge >= 0.3 is 5.97 Å². The molecule has 14 heavy (non-hydrogen) atoms. The van der Waals surface area contributed by atoms with Crippen LogP contribution in [0.5, 0.6) is 0 Å². The molecule has 1 rings (SSSR count). The number of rotatable bonds is 4. The summed E-state index contributed by atoms with van der Waals surface area (Å²) in [5.41, 5.74) is 1.54. The Labute approximate surface area is 88.9 Å². The van der Waals surface area contributed by atoms with Gasteiger partial charge in [0.2, 0.25) is 0 Å². The second-order valence-corrected chi connectivity index (χ2v) is 3.17. The van der Waals surface area contributed by atoms with Crippen molar-refractivity contribution in [2.24, 2.45) is 0 Å². The van der Waals surface area contributed by atoms with Crippen LogP contribution >= 0.6 is 12.6 Å². The van der Waals surface area contributed by atoms with Crippen LogP contribution in [0.15, 0.2) is 24.3 Å². The van der Waals surface area contributed by atoms with Gasteiger partial charge in [0.25, 0.3) is 0 Å². The largest absolute Gasteiger partial charge is 0.465 e. The summed E-state index contributed by atoms with van der Waals surface area (Å²) in [6.45, 7) is 0.806. The minimum absolute atomic E-state index is 0.314. The molecule has 3 nitrogen and oxygen atoms in total. The fourth-order valence-electron chi connectivity index (χ4n) is 1.04. The molecule has 0 spiro atoms. The average molecular weight is 211 g/mol. The molecule has 0 aliphatic rings. The maximum absolute atomic E-state index is 11.1. The molecule has 0 saturated heterocycles. The van der Waals surface area contributed by atoms with Gasteiger partial charge in [-0.15, -0.1) is 0 Å². The van der Waals surface area contributed by atoms with Crippen LogP contribution in [-0.4, -0.2) is 25.4 Å². The predicted molar refractivity (Wildman–Crippen MR) is 60.1 cm³/mol. The SMILES string of the molecule is COC(=O)c1ccc(NCCS)cc1. The monoisotopic (exact) mass is 211 g/mol. The molecule has 0 aliphatic heterocycles. The lowest BCUT2D eigenvalue weighted by Gasteiger charge is -2.04. The lowest BCUT2D eigenvalue weighted by molar-refractivity contribution is 0.0601. The first-order chi connectivity index (χ1) is 6.77. The number of methoxy groups -OCH3 is 1. The van der Waals surface area contributed by atoms with Gasteiger partial charge in [-0.25, -0.2) is 4.79 Å². The minimum Gasteiger partial charge on any atom is -0.465 e. The zero-order valence-electron chi connectivity index (χ0n) is 7.99. The molecule has 1 aromatic carbocycles. The molecule has 0 aromatic heterocycles. The van der Waals surface area contributed by atoms with Crippen molar-refractivity contribution < 1.29 is 9.53 Å². The highest BCUT2D eigenvalue weighted by molar-refractivity contribution is 7.80. The normalized spacial score (nSPS) is 9.57. The average Bonchev–Trinajstić information content (AvgIpc) is 2.26. The Hall–Kier alpha value is -1.16. The molecule has 1 aromatic rings.